The first kappa shape index (κ1) is 16.5. The largest absolute Gasteiger partial charge is 0.299 e. The van der Waals surface area contributed by atoms with Crippen LogP contribution in [0.25, 0.3) is 0 Å². The third-order valence-corrected chi connectivity index (χ3v) is 5.55. The van der Waals surface area contributed by atoms with Crippen molar-refractivity contribution in [3.05, 3.63) is 11.9 Å². The Balaban J connectivity index is 2.04. The molecule has 1 aromatic heterocycles. The molecule has 2 heterocycles. The molecule has 1 saturated heterocycles. The third kappa shape index (κ3) is 3.84. The molecule has 0 spiro atoms. The first-order chi connectivity index (χ1) is 9.81. The van der Waals surface area contributed by atoms with E-state index in [0.29, 0.717) is 12.2 Å². The van der Waals surface area contributed by atoms with E-state index >= 15 is 0 Å². The lowest BCUT2D eigenvalue weighted by molar-refractivity contribution is 0.260. The Labute approximate surface area is 127 Å². The molecule has 6 nitrogen and oxygen atoms in total. The van der Waals surface area contributed by atoms with E-state index in [1.807, 2.05) is 13.8 Å². The molecule has 1 fully saturated rings. The minimum Gasteiger partial charge on any atom is -0.299 e. The SMILES string of the molecule is Cc1nn(C(C)C)cc1S(=O)(=O)NCC(C)N1CCCC1. The van der Waals surface area contributed by atoms with Gasteiger partial charge in [-0.1, -0.05) is 0 Å². The first-order valence-corrected chi connectivity index (χ1v) is 9.09. The van der Waals surface area contributed by atoms with Crippen LogP contribution in [0.2, 0.25) is 0 Å². The van der Waals surface area contributed by atoms with Crippen LogP contribution in [0, 0.1) is 6.92 Å². The molecule has 0 radical (unpaired) electrons. The summed E-state index contributed by atoms with van der Waals surface area (Å²) >= 11 is 0. The molecule has 1 aliphatic rings. The summed E-state index contributed by atoms with van der Waals surface area (Å²) in [5.74, 6) is 0. The minimum atomic E-state index is -3.49. The highest BCUT2D eigenvalue weighted by Gasteiger charge is 2.24. The number of nitrogens with one attached hydrogen (secondary N) is 1. The maximum absolute atomic E-state index is 12.4. The van der Waals surface area contributed by atoms with Crippen LogP contribution in [-0.2, 0) is 10.0 Å². The van der Waals surface area contributed by atoms with Crippen molar-refractivity contribution in [1.29, 1.82) is 0 Å². The van der Waals surface area contributed by atoms with E-state index in [1.54, 1.807) is 17.8 Å². The Hall–Kier alpha value is -0.920. The molecule has 1 unspecified atom stereocenters. The topological polar surface area (TPSA) is 67.2 Å². The molecule has 1 atom stereocenters. The quantitative estimate of drug-likeness (QED) is 0.865. The maximum atomic E-state index is 12.4. The lowest BCUT2D eigenvalue weighted by atomic mass is 10.3. The van der Waals surface area contributed by atoms with Gasteiger partial charge in [0.2, 0.25) is 10.0 Å². The molecule has 0 aromatic carbocycles. The molecule has 1 aromatic rings. The number of rotatable bonds is 6. The average molecular weight is 314 g/mol. The number of sulfonamides is 1. The average Bonchev–Trinajstić information content (AvgIpc) is 3.05. The molecule has 1 aliphatic heterocycles. The van der Waals surface area contributed by atoms with E-state index in [9.17, 15) is 8.42 Å². The molecule has 0 saturated carbocycles. The van der Waals surface area contributed by atoms with Crippen LogP contribution in [0.1, 0.15) is 45.3 Å². The van der Waals surface area contributed by atoms with Crippen molar-refractivity contribution in [1.82, 2.24) is 19.4 Å². The van der Waals surface area contributed by atoms with Gasteiger partial charge in [-0.25, -0.2) is 13.1 Å². The van der Waals surface area contributed by atoms with Gasteiger partial charge in [0.1, 0.15) is 4.90 Å². The maximum Gasteiger partial charge on any atom is 0.244 e. The summed E-state index contributed by atoms with van der Waals surface area (Å²) in [5.41, 5.74) is 0.546. The number of hydrogen-bond donors (Lipinski definition) is 1. The summed E-state index contributed by atoms with van der Waals surface area (Å²) in [6.45, 7) is 10.3. The number of aromatic nitrogens is 2. The molecular weight excluding hydrogens is 288 g/mol. The van der Waals surface area contributed by atoms with Gasteiger partial charge in [-0.3, -0.25) is 9.58 Å². The van der Waals surface area contributed by atoms with E-state index in [4.69, 9.17) is 0 Å². The summed E-state index contributed by atoms with van der Waals surface area (Å²) in [5, 5.41) is 4.27. The van der Waals surface area contributed by atoms with Crippen molar-refractivity contribution >= 4 is 10.0 Å². The van der Waals surface area contributed by atoms with Gasteiger partial charge >= 0.3 is 0 Å². The molecule has 0 bridgehead atoms. The van der Waals surface area contributed by atoms with Gasteiger partial charge in [0.25, 0.3) is 0 Å². The van der Waals surface area contributed by atoms with Gasteiger partial charge in [0, 0.05) is 24.8 Å². The Kier molecular flexibility index (Phi) is 5.06. The highest BCUT2D eigenvalue weighted by Crippen LogP contribution is 2.17. The van der Waals surface area contributed by atoms with Crippen molar-refractivity contribution in [2.45, 2.75) is 57.5 Å². The van der Waals surface area contributed by atoms with E-state index in [1.165, 1.54) is 12.8 Å². The second-order valence-electron chi connectivity index (χ2n) is 6.10. The number of nitrogens with zero attached hydrogens (tertiary/aromatic N) is 3. The lowest BCUT2D eigenvalue weighted by Gasteiger charge is -2.23. The lowest BCUT2D eigenvalue weighted by Crippen LogP contribution is -2.40. The molecule has 0 amide bonds. The monoisotopic (exact) mass is 314 g/mol. The van der Waals surface area contributed by atoms with Crippen molar-refractivity contribution in [2.24, 2.45) is 0 Å². The highest BCUT2D eigenvalue weighted by molar-refractivity contribution is 7.89. The predicted molar refractivity (Wildman–Crippen MR) is 82.8 cm³/mol. The van der Waals surface area contributed by atoms with E-state index in [0.717, 1.165) is 13.1 Å². The molecule has 120 valence electrons. The second-order valence-corrected chi connectivity index (χ2v) is 7.83. The van der Waals surface area contributed by atoms with Crippen LogP contribution >= 0.6 is 0 Å². The van der Waals surface area contributed by atoms with Gasteiger partial charge in [0.05, 0.1) is 5.69 Å². The second kappa shape index (κ2) is 6.46. The van der Waals surface area contributed by atoms with Crippen molar-refractivity contribution in [3.8, 4) is 0 Å². The fourth-order valence-corrected chi connectivity index (χ4v) is 3.91. The summed E-state index contributed by atoms with van der Waals surface area (Å²) in [6.07, 6.45) is 4.03. The zero-order valence-corrected chi connectivity index (χ0v) is 14.2. The summed E-state index contributed by atoms with van der Waals surface area (Å²) < 4.78 is 29.3. The standard InChI is InChI=1S/C14H26N4O2S/c1-11(2)18-10-14(13(4)16-18)21(19,20)15-9-12(3)17-7-5-6-8-17/h10-12,15H,5-9H2,1-4H3. The van der Waals surface area contributed by atoms with Crippen molar-refractivity contribution < 1.29 is 8.42 Å². The van der Waals surface area contributed by atoms with E-state index in [2.05, 4.69) is 21.6 Å². The van der Waals surface area contributed by atoms with E-state index < -0.39 is 10.0 Å². The van der Waals surface area contributed by atoms with Gasteiger partial charge in [-0.15, -0.1) is 0 Å². The summed E-state index contributed by atoms with van der Waals surface area (Å²) in [4.78, 5) is 2.61. The summed E-state index contributed by atoms with van der Waals surface area (Å²) in [6, 6.07) is 0.374. The summed E-state index contributed by atoms with van der Waals surface area (Å²) in [7, 11) is -3.49. The normalized spacial score (nSPS) is 18.5. The smallest absolute Gasteiger partial charge is 0.244 e. The minimum absolute atomic E-state index is 0.149. The van der Waals surface area contributed by atoms with Crippen LogP contribution < -0.4 is 4.72 Å². The van der Waals surface area contributed by atoms with Crippen LogP contribution in [0.15, 0.2) is 11.1 Å². The first-order valence-electron chi connectivity index (χ1n) is 7.60. The Morgan fingerprint density at radius 3 is 2.43 bits per heavy atom. The number of hydrogen-bond acceptors (Lipinski definition) is 4. The van der Waals surface area contributed by atoms with Gasteiger partial charge < -0.3 is 0 Å². The van der Waals surface area contributed by atoms with Gasteiger partial charge in [-0.05, 0) is 53.6 Å². The van der Waals surface area contributed by atoms with Gasteiger partial charge in [-0.2, -0.15) is 5.10 Å². The van der Waals surface area contributed by atoms with Crippen LogP contribution in [0.3, 0.4) is 0 Å². The van der Waals surface area contributed by atoms with Crippen LogP contribution in [0.4, 0.5) is 0 Å². The van der Waals surface area contributed by atoms with Crippen molar-refractivity contribution in [2.75, 3.05) is 19.6 Å². The fraction of sp³-hybridized carbons (Fsp3) is 0.786. The van der Waals surface area contributed by atoms with E-state index in [-0.39, 0.29) is 17.0 Å². The number of aryl methyl sites for hydroxylation is 1. The third-order valence-electron chi connectivity index (χ3n) is 4.02. The fourth-order valence-electron chi connectivity index (χ4n) is 2.61. The number of likely N-dealkylation sites (tertiary alicyclic amines) is 1. The Morgan fingerprint density at radius 2 is 1.90 bits per heavy atom. The Morgan fingerprint density at radius 1 is 1.29 bits per heavy atom. The molecule has 2 rings (SSSR count). The van der Waals surface area contributed by atoms with Crippen LogP contribution in [-0.4, -0.2) is 48.8 Å². The molecule has 1 N–H and O–H groups in total. The molecule has 21 heavy (non-hydrogen) atoms. The zero-order valence-electron chi connectivity index (χ0n) is 13.3. The van der Waals surface area contributed by atoms with Gasteiger partial charge in [0.15, 0.2) is 0 Å². The molecule has 0 aliphatic carbocycles. The highest BCUT2D eigenvalue weighted by atomic mass is 32.2. The van der Waals surface area contributed by atoms with Crippen molar-refractivity contribution in [3.63, 3.8) is 0 Å². The van der Waals surface area contributed by atoms with Crippen LogP contribution in [0.5, 0.6) is 0 Å². The Bertz CT molecular complexity index is 574. The predicted octanol–water partition coefficient (Wildman–Crippen LogP) is 1.54. The molecular formula is C14H26N4O2S. The molecule has 7 heteroatoms. The zero-order chi connectivity index (χ0) is 15.6.